The van der Waals surface area contributed by atoms with E-state index in [1.54, 1.807) is 0 Å². The number of fused-ring (bicyclic) bond motifs is 1. The summed E-state index contributed by atoms with van der Waals surface area (Å²) in [5, 5.41) is 5.08. The molecule has 1 atom stereocenters. The minimum Gasteiger partial charge on any atom is -0.308 e. The number of halogens is 2. The van der Waals surface area contributed by atoms with E-state index in [-0.39, 0.29) is 0 Å². The van der Waals surface area contributed by atoms with Crippen molar-refractivity contribution in [3.05, 3.63) is 33.3 Å². The number of hydrogen-bond acceptors (Lipinski definition) is 1. The second-order valence-corrected chi connectivity index (χ2v) is 5.21. The first-order valence-corrected chi connectivity index (χ1v) is 6.07. The average Bonchev–Trinajstić information content (AvgIpc) is 2.48. The molecule has 1 nitrogen and oxygen atoms in total. The fourth-order valence-electron chi connectivity index (χ4n) is 2.22. The maximum atomic E-state index is 6.16. The molecule has 0 fully saturated rings. The first-order chi connectivity index (χ1) is 7.08. The molecule has 3 heteroatoms. The Labute approximate surface area is 101 Å². The molecule has 82 valence electrons. The van der Waals surface area contributed by atoms with Gasteiger partial charge in [0.1, 0.15) is 0 Å². The summed E-state index contributed by atoms with van der Waals surface area (Å²) in [5.41, 5.74) is 2.54. The van der Waals surface area contributed by atoms with E-state index in [1.165, 1.54) is 11.1 Å². The van der Waals surface area contributed by atoms with Crippen molar-refractivity contribution >= 4 is 23.2 Å². The summed E-state index contributed by atoms with van der Waals surface area (Å²) in [5.74, 6) is 0. The number of rotatable bonds is 2. The Kier molecular flexibility index (Phi) is 3.24. The molecule has 0 amide bonds. The molecule has 1 aliphatic carbocycles. The maximum absolute atomic E-state index is 6.16. The Bertz CT molecular complexity index is 374. The van der Waals surface area contributed by atoms with Gasteiger partial charge in [-0.1, -0.05) is 37.0 Å². The predicted molar refractivity (Wildman–Crippen MR) is 65.8 cm³/mol. The second kappa shape index (κ2) is 4.32. The average molecular weight is 244 g/mol. The van der Waals surface area contributed by atoms with Crippen LogP contribution in [0.3, 0.4) is 0 Å². The first-order valence-electron chi connectivity index (χ1n) is 5.32. The first kappa shape index (κ1) is 11.3. The van der Waals surface area contributed by atoms with Gasteiger partial charge in [0, 0.05) is 22.1 Å². The van der Waals surface area contributed by atoms with Crippen LogP contribution in [0.1, 0.15) is 37.4 Å². The Morgan fingerprint density at radius 1 is 1.33 bits per heavy atom. The Morgan fingerprint density at radius 3 is 2.73 bits per heavy atom. The summed E-state index contributed by atoms with van der Waals surface area (Å²) in [4.78, 5) is 0. The van der Waals surface area contributed by atoms with Crippen LogP contribution in [0.4, 0.5) is 0 Å². The van der Waals surface area contributed by atoms with Crippen molar-refractivity contribution in [2.24, 2.45) is 0 Å². The van der Waals surface area contributed by atoms with Gasteiger partial charge in [-0.25, -0.2) is 0 Å². The van der Waals surface area contributed by atoms with Gasteiger partial charge in [0.2, 0.25) is 0 Å². The highest BCUT2D eigenvalue weighted by molar-refractivity contribution is 6.35. The molecule has 15 heavy (non-hydrogen) atoms. The van der Waals surface area contributed by atoms with Crippen LogP contribution >= 0.6 is 23.2 Å². The van der Waals surface area contributed by atoms with Crippen LogP contribution in [-0.2, 0) is 6.42 Å². The van der Waals surface area contributed by atoms with Crippen LogP contribution in [0.25, 0.3) is 0 Å². The molecule has 2 rings (SSSR count). The van der Waals surface area contributed by atoms with Crippen LogP contribution in [0.2, 0.25) is 10.0 Å². The standard InChI is InChI=1S/C12H15Cl2N/c1-7(2)15-12-4-3-9-10(12)5-8(13)6-11(9)14/h5-7,12,15H,3-4H2,1-2H3. The zero-order valence-electron chi connectivity index (χ0n) is 8.98. The second-order valence-electron chi connectivity index (χ2n) is 4.37. The zero-order valence-corrected chi connectivity index (χ0v) is 10.5. The molecule has 0 aliphatic heterocycles. The lowest BCUT2D eigenvalue weighted by atomic mass is 10.1. The summed E-state index contributed by atoms with van der Waals surface area (Å²) in [6.45, 7) is 4.31. The number of benzene rings is 1. The third-order valence-corrected chi connectivity index (χ3v) is 3.34. The van der Waals surface area contributed by atoms with Crippen molar-refractivity contribution < 1.29 is 0 Å². The number of nitrogens with one attached hydrogen (secondary N) is 1. The van der Waals surface area contributed by atoms with Crippen LogP contribution < -0.4 is 5.32 Å². The lowest BCUT2D eigenvalue weighted by Crippen LogP contribution is -2.26. The van der Waals surface area contributed by atoms with Gasteiger partial charge >= 0.3 is 0 Å². The molecular formula is C12H15Cl2N. The van der Waals surface area contributed by atoms with Gasteiger partial charge in [-0.2, -0.15) is 0 Å². The monoisotopic (exact) mass is 243 g/mol. The maximum Gasteiger partial charge on any atom is 0.0456 e. The van der Waals surface area contributed by atoms with Crippen LogP contribution in [-0.4, -0.2) is 6.04 Å². The Morgan fingerprint density at radius 2 is 2.07 bits per heavy atom. The van der Waals surface area contributed by atoms with Crippen molar-refractivity contribution in [1.29, 1.82) is 0 Å². The normalized spacial score (nSPS) is 19.7. The van der Waals surface area contributed by atoms with E-state index in [0.717, 1.165) is 22.9 Å². The highest BCUT2D eigenvalue weighted by atomic mass is 35.5. The highest BCUT2D eigenvalue weighted by Gasteiger charge is 2.25. The molecule has 0 aromatic heterocycles. The Balaban J connectivity index is 2.33. The predicted octanol–water partition coefficient (Wildman–Crippen LogP) is 3.98. The molecule has 1 aromatic rings. The smallest absolute Gasteiger partial charge is 0.0456 e. The highest BCUT2D eigenvalue weighted by Crippen LogP contribution is 2.37. The molecule has 1 aromatic carbocycles. The van der Waals surface area contributed by atoms with E-state index in [1.807, 2.05) is 12.1 Å². The van der Waals surface area contributed by atoms with Gasteiger partial charge in [-0.3, -0.25) is 0 Å². The van der Waals surface area contributed by atoms with Crippen molar-refractivity contribution in [2.75, 3.05) is 0 Å². The van der Waals surface area contributed by atoms with E-state index in [0.29, 0.717) is 12.1 Å². The van der Waals surface area contributed by atoms with E-state index < -0.39 is 0 Å². The van der Waals surface area contributed by atoms with Crippen molar-refractivity contribution in [3.8, 4) is 0 Å². The van der Waals surface area contributed by atoms with E-state index in [2.05, 4.69) is 19.2 Å². The lowest BCUT2D eigenvalue weighted by molar-refractivity contribution is 0.475. The molecule has 0 saturated heterocycles. The molecule has 1 N–H and O–H groups in total. The van der Waals surface area contributed by atoms with Crippen LogP contribution in [0.5, 0.6) is 0 Å². The van der Waals surface area contributed by atoms with Gasteiger partial charge < -0.3 is 5.32 Å². The number of hydrogen-bond donors (Lipinski definition) is 1. The Hall–Kier alpha value is -0.240. The largest absolute Gasteiger partial charge is 0.308 e. The quantitative estimate of drug-likeness (QED) is 0.829. The SMILES string of the molecule is CC(C)NC1CCc2c(Cl)cc(Cl)cc21. The summed E-state index contributed by atoms with van der Waals surface area (Å²) in [6, 6.07) is 4.77. The van der Waals surface area contributed by atoms with Gasteiger partial charge in [0.05, 0.1) is 0 Å². The minimum absolute atomic E-state index is 0.413. The summed E-state index contributed by atoms with van der Waals surface area (Å²) >= 11 is 12.2. The minimum atomic E-state index is 0.413. The van der Waals surface area contributed by atoms with E-state index >= 15 is 0 Å². The van der Waals surface area contributed by atoms with Gasteiger partial charge in [0.25, 0.3) is 0 Å². The molecule has 0 radical (unpaired) electrons. The van der Waals surface area contributed by atoms with E-state index in [9.17, 15) is 0 Å². The van der Waals surface area contributed by atoms with Gasteiger partial charge in [-0.15, -0.1) is 0 Å². The fourth-order valence-corrected chi connectivity index (χ4v) is 2.82. The summed E-state index contributed by atoms with van der Waals surface area (Å²) < 4.78 is 0. The molecular weight excluding hydrogens is 229 g/mol. The van der Waals surface area contributed by atoms with Crippen molar-refractivity contribution in [2.45, 2.75) is 38.8 Å². The topological polar surface area (TPSA) is 12.0 Å². The molecule has 0 heterocycles. The van der Waals surface area contributed by atoms with Crippen LogP contribution in [0.15, 0.2) is 12.1 Å². The zero-order chi connectivity index (χ0) is 11.0. The third-order valence-electron chi connectivity index (χ3n) is 2.79. The van der Waals surface area contributed by atoms with Gasteiger partial charge in [0.15, 0.2) is 0 Å². The van der Waals surface area contributed by atoms with E-state index in [4.69, 9.17) is 23.2 Å². The van der Waals surface area contributed by atoms with Crippen molar-refractivity contribution in [3.63, 3.8) is 0 Å². The van der Waals surface area contributed by atoms with Crippen LogP contribution in [0, 0.1) is 0 Å². The fraction of sp³-hybridized carbons (Fsp3) is 0.500. The third kappa shape index (κ3) is 2.30. The summed E-state index contributed by atoms with van der Waals surface area (Å²) in [7, 11) is 0. The van der Waals surface area contributed by atoms with Gasteiger partial charge in [-0.05, 0) is 36.1 Å². The summed E-state index contributed by atoms with van der Waals surface area (Å²) in [6.07, 6.45) is 2.17. The molecule has 0 spiro atoms. The molecule has 1 aliphatic rings. The molecule has 1 unspecified atom stereocenters. The molecule has 0 saturated carbocycles. The van der Waals surface area contributed by atoms with Crippen molar-refractivity contribution in [1.82, 2.24) is 5.32 Å². The lowest BCUT2D eigenvalue weighted by Gasteiger charge is -2.17. The molecule has 0 bridgehead atoms.